The standard InChI is InChI=1S/C15H27N5/c1-4-7-20-14(16-11-18-20)9-19-10-15(3,13-5-6-13)17-8-12(19)2/h11-13,17H,4-10H2,1-3H3. The topological polar surface area (TPSA) is 46.0 Å². The van der Waals surface area contributed by atoms with Gasteiger partial charge < -0.3 is 5.32 Å². The van der Waals surface area contributed by atoms with Crippen molar-refractivity contribution in [3.8, 4) is 0 Å². The normalized spacial score (nSPS) is 31.6. The van der Waals surface area contributed by atoms with Crippen LogP contribution < -0.4 is 5.32 Å². The zero-order valence-corrected chi connectivity index (χ0v) is 13.0. The monoisotopic (exact) mass is 277 g/mol. The molecule has 2 atom stereocenters. The highest BCUT2D eigenvalue weighted by Crippen LogP contribution is 2.41. The van der Waals surface area contributed by atoms with Crippen molar-refractivity contribution in [1.82, 2.24) is 25.0 Å². The van der Waals surface area contributed by atoms with Gasteiger partial charge in [0, 0.05) is 31.2 Å². The quantitative estimate of drug-likeness (QED) is 0.889. The molecular weight excluding hydrogens is 250 g/mol. The predicted molar refractivity (Wildman–Crippen MR) is 79.3 cm³/mol. The minimum absolute atomic E-state index is 0.294. The molecule has 20 heavy (non-hydrogen) atoms. The number of hydrogen-bond acceptors (Lipinski definition) is 4. The second kappa shape index (κ2) is 5.45. The Balaban J connectivity index is 1.69. The smallest absolute Gasteiger partial charge is 0.141 e. The van der Waals surface area contributed by atoms with E-state index in [-0.39, 0.29) is 0 Å². The van der Waals surface area contributed by atoms with Crippen LogP contribution >= 0.6 is 0 Å². The van der Waals surface area contributed by atoms with Gasteiger partial charge in [0.1, 0.15) is 12.2 Å². The second-order valence-electron chi connectivity index (χ2n) is 6.73. The molecule has 2 unspecified atom stereocenters. The highest BCUT2D eigenvalue weighted by molar-refractivity contribution is 5.04. The molecule has 1 aliphatic carbocycles. The van der Waals surface area contributed by atoms with Gasteiger partial charge in [-0.25, -0.2) is 9.67 Å². The Morgan fingerprint density at radius 3 is 2.95 bits per heavy atom. The Morgan fingerprint density at radius 2 is 2.25 bits per heavy atom. The molecule has 1 aliphatic heterocycles. The number of nitrogens with one attached hydrogen (secondary N) is 1. The summed E-state index contributed by atoms with van der Waals surface area (Å²) in [5.41, 5.74) is 0.294. The first-order valence-corrected chi connectivity index (χ1v) is 7.98. The molecule has 112 valence electrons. The number of rotatable bonds is 5. The molecule has 5 heteroatoms. The van der Waals surface area contributed by atoms with Crippen LogP contribution in [0.4, 0.5) is 0 Å². The highest BCUT2D eigenvalue weighted by atomic mass is 15.4. The van der Waals surface area contributed by atoms with Crippen molar-refractivity contribution in [2.45, 2.75) is 64.7 Å². The molecule has 5 nitrogen and oxygen atoms in total. The summed E-state index contributed by atoms with van der Waals surface area (Å²) in [6.45, 7) is 11.0. The van der Waals surface area contributed by atoms with Crippen molar-refractivity contribution in [3.05, 3.63) is 12.2 Å². The lowest BCUT2D eigenvalue weighted by atomic mass is 9.91. The van der Waals surface area contributed by atoms with Crippen LogP contribution in [0, 0.1) is 5.92 Å². The summed E-state index contributed by atoms with van der Waals surface area (Å²) in [5.74, 6) is 1.98. The van der Waals surface area contributed by atoms with Crippen molar-refractivity contribution in [2.24, 2.45) is 5.92 Å². The van der Waals surface area contributed by atoms with Gasteiger partial charge in [0.15, 0.2) is 0 Å². The van der Waals surface area contributed by atoms with Crippen LogP contribution in [0.25, 0.3) is 0 Å². The van der Waals surface area contributed by atoms with E-state index in [4.69, 9.17) is 0 Å². The molecule has 1 aromatic rings. The summed E-state index contributed by atoms with van der Waals surface area (Å²) in [4.78, 5) is 7.04. The van der Waals surface area contributed by atoms with E-state index in [1.165, 1.54) is 12.8 Å². The van der Waals surface area contributed by atoms with Gasteiger partial charge in [0.25, 0.3) is 0 Å². The zero-order chi connectivity index (χ0) is 14.2. The summed E-state index contributed by atoms with van der Waals surface area (Å²) < 4.78 is 2.06. The maximum atomic E-state index is 4.46. The van der Waals surface area contributed by atoms with Gasteiger partial charge in [-0.2, -0.15) is 5.10 Å². The first-order valence-electron chi connectivity index (χ1n) is 7.98. The molecule has 1 N–H and O–H groups in total. The summed E-state index contributed by atoms with van der Waals surface area (Å²) in [6.07, 6.45) is 5.57. The largest absolute Gasteiger partial charge is 0.308 e. The SMILES string of the molecule is CCCn1ncnc1CN1CC(C)(C2CC2)NCC1C. The van der Waals surface area contributed by atoms with Gasteiger partial charge in [0.2, 0.25) is 0 Å². The van der Waals surface area contributed by atoms with E-state index < -0.39 is 0 Å². The molecule has 2 heterocycles. The number of aryl methyl sites for hydroxylation is 1. The van der Waals surface area contributed by atoms with Crippen LogP contribution in [0.15, 0.2) is 6.33 Å². The van der Waals surface area contributed by atoms with Crippen molar-refractivity contribution in [3.63, 3.8) is 0 Å². The van der Waals surface area contributed by atoms with Crippen molar-refractivity contribution in [2.75, 3.05) is 13.1 Å². The summed E-state index contributed by atoms with van der Waals surface area (Å²) in [7, 11) is 0. The molecule has 2 fully saturated rings. The lowest BCUT2D eigenvalue weighted by Gasteiger charge is -2.45. The van der Waals surface area contributed by atoms with Gasteiger partial charge >= 0.3 is 0 Å². The van der Waals surface area contributed by atoms with Gasteiger partial charge in [0.05, 0.1) is 6.54 Å². The summed E-state index contributed by atoms with van der Waals surface area (Å²) in [6, 6.07) is 0.564. The molecule has 2 aliphatic rings. The zero-order valence-electron chi connectivity index (χ0n) is 13.0. The number of aromatic nitrogens is 3. The van der Waals surface area contributed by atoms with E-state index >= 15 is 0 Å². The van der Waals surface area contributed by atoms with Crippen LogP contribution in [0.1, 0.15) is 45.9 Å². The summed E-state index contributed by atoms with van der Waals surface area (Å²) in [5, 5.41) is 8.12. The van der Waals surface area contributed by atoms with E-state index in [0.717, 1.165) is 44.3 Å². The molecule has 1 saturated carbocycles. The highest BCUT2D eigenvalue weighted by Gasteiger charge is 2.45. The van der Waals surface area contributed by atoms with E-state index in [1.807, 2.05) is 0 Å². The lowest BCUT2D eigenvalue weighted by molar-refractivity contribution is 0.0735. The third-order valence-electron chi connectivity index (χ3n) is 4.91. The minimum atomic E-state index is 0.294. The van der Waals surface area contributed by atoms with Gasteiger partial charge in [-0.05, 0) is 39.0 Å². The molecule has 0 aromatic carbocycles. The molecule has 0 spiro atoms. The van der Waals surface area contributed by atoms with E-state index in [0.29, 0.717) is 11.6 Å². The van der Waals surface area contributed by atoms with Gasteiger partial charge in [-0.1, -0.05) is 6.92 Å². The Labute approximate surface area is 121 Å². The van der Waals surface area contributed by atoms with Crippen LogP contribution in [-0.2, 0) is 13.1 Å². The molecule has 1 saturated heterocycles. The first-order chi connectivity index (χ1) is 9.62. The lowest BCUT2D eigenvalue weighted by Crippen LogP contribution is -2.63. The predicted octanol–water partition coefficient (Wildman–Crippen LogP) is 1.65. The van der Waals surface area contributed by atoms with Crippen LogP contribution in [0.5, 0.6) is 0 Å². The fourth-order valence-electron chi connectivity index (χ4n) is 3.34. The Bertz CT molecular complexity index is 453. The molecule has 3 rings (SSSR count). The number of nitrogens with zero attached hydrogens (tertiary/aromatic N) is 4. The fraction of sp³-hybridized carbons (Fsp3) is 0.867. The molecule has 0 bridgehead atoms. The second-order valence-corrected chi connectivity index (χ2v) is 6.73. The Morgan fingerprint density at radius 1 is 1.45 bits per heavy atom. The third-order valence-corrected chi connectivity index (χ3v) is 4.91. The molecular formula is C15H27N5. The number of hydrogen-bond donors (Lipinski definition) is 1. The van der Waals surface area contributed by atoms with E-state index in [9.17, 15) is 0 Å². The Kier molecular flexibility index (Phi) is 3.82. The van der Waals surface area contributed by atoms with Crippen molar-refractivity contribution < 1.29 is 0 Å². The maximum Gasteiger partial charge on any atom is 0.141 e. The minimum Gasteiger partial charge on any atom is -0.308 e. The van der Waals surface area contributed by atoms with Crippen LogP contribution in [0.3, 0.4) is 0 Å². The van der Waals surface area contributed by atoms with Gasteiger partial charge in [-0.3, -0.25) is 4.90 Å². The summed E-state index contributed by atoms with van der Waals surface area (Å²) >= 11 is 0. The number of piperazine rings is 1. The Hall–Kier alpha value is -0.940. The van der Waals surface area contributed by atoms with Crippen LogP contribution in [-0.4, -0.2) is 44.3 Å². The van der Waals surface area contributed by atoms with Crippen molar-refractivity contribution in [1.29, 1.82) is 0 Å². The molecule has 0 radical (unpaired) electrons. The molecule has 0 amide bonds. The average Bonchev–Trinajstić information content (AvgIpc) is 3.20. The van der Waals surface area contributed by atoms with Crippen molar-refractivity contribution >= 4 is 0 Å². The van der Waals surface area contributed by atoms with E-state index in [1.54, 1.807) is 6.33 Å². The third kappa shape index (κ3) is 2.74. The molecule has 1 aromatic heterocycles. The van der Waals surface area contributed by atoms with Gasteiger partial charge in [-0.15, -0.1) is 0 Å². The maximum absolute atomic E-state index is 4.46. The fourth-order valence-corrected chi connectivity index (χ4v) is 3.34. The van der Waals surface area contributed by atoms with E-state index in [2.05, 4.69) is 45.8 Å². The average molecular weight is 277 g/mol. The van der Waals surface area contributed by atoms with Crippen LogP contribution in [0.2, 0.25) is 0 Å². The first kappa shape index (κ1) is 14.0.